The van der Waals surface area contributed by atoms with Gasteiger partial charge >= 0.3 is 0 Å². The Kier molecular flexibility index (Phi) is 3.42. The van der Waals surface area contributed by atoms with Gasteiger partial charge in [-0.3, -0.25) is 0 Å². The minimum Gasteiger partial charge on any atom is -0.445 e. The first-order valence-corrected chi connectivity index (χ1v) is 7.14. The topological polar surface area (TPSA) is 59.0 Å². The molecule has 2 aliphatic rings. The zero-order valence-electron chi connectivity index (χ0n) is 11.0. The maximum Gasteiger partial charge on any atom is 0.205 e. The number of rotatable bonds is 1. The Balaban J connectivity index is 2.17. The summed E-state index contributed by atoms with van der Waals surface area (Å²) in [5, 5.41) is 10.1. The van der Waals surface area contributed by atoms with Crippen molar-refractivity contribution in [2.24, 2.45) is 5.73 Å². The molecule has 0 saturated heterocycles. The molecule has 3 nitrogen and oxygen atoms in total. The van der Waals surface area contributed by atoms with Crippen molar-refractivity contribution in [3.8, 4) is 6.07 Å². The molecule has 0 aromatic heterocycles. The molecule has 1 aromatic rings. The van der Waals surface area contributed by atoms with Crippen molar-refractivity contribution in [2.45, 2.75) is 31.6 Å². The molecule has 1 aliphatic heterocycles. The van der Waals surface area contributed by atoms with Crippen LogP contribution >= 0.6 is 11.6 Å². The van der Waals surface area contributed by atoms with Gasteiger partial charge in [-0.1, -0.05) is 29.8 Å². The Hall–Kier alpha value is -1.92. The molecule has 102 valence electrons. The first kappa shape index (κ1) is 13.1. The Morgan fingerprint density at radius 3 is 2.75 bits per heavy atom. The Morgan fingerprint density at radius 1 is 1.25 bits per heavy atom. The summed E-state index contributed by atoms with van der Waals surface area (Å²) in [6.07, 6.45) is 4.03. The van der Waals surface area contributed by atoms with E-state index in [2.05, 4.69) is 6.07 Å². The highest BCUT2D eigenvalue weighted by molar-refractivity contribution is 6.31. The fourth-order valence-corrected chi connectivity index (χ4v) is 3.24. The molecular formula is C16H15ClN2O. The molecule has 0 saturated carbocycles. The fourth-order valence-electron chi connectivity index (χ4n) is 3.00. The minimum absolute atomic E-state index is 0.155. The molecule has 3 rings (SSSR count). The Labute approximate surface area is 123 Å². The summed E-state index contributed by atoms with van der Waals surface area (Å²) in [5.41, 5.74) is 8.50. The van der Waals surface area contributed by atoms with Crippen LogP contribution in [0, 0.1) is 11.3 Å². The Morgan fingerprint density at radius 2 is 2.00 bits per heavy atom. The largest absolute Gasteiger partial charge is 0.445 e. The maximum atomic E-state index is 9.44. The van der Waals surface area contributed by atoms with Crippen LogP contribution in [0.15, 0.2) is 47.1 Å². The van der Waals surface area contributed by atoms with Gasteiger partial charge in [0.15, 0.2) is 0 Å². The third-order valence-corrected chi connectivity index (χ3v) is 4.27. The minimum atomic E-state index is -0.155. The van der Waals surface area contributed by atoms with Crippen LogP contribution < -0.4 is 5.73 Å². The summed E-state index contributed by atoms with van der Waals surface area (Å²) < 4.78 is 5.66. The molecule has 2 N–H and O–H groups in total. The van der Waals surface area contributed by atoms with Crippen molar-refractivity contribution >= 4 is 11.6 Å². The van der Waals surface area contributed by atoms with E-state index in [1.165, 1.54) is 0 Å². The number of halogens is 1. The molecule has 0 spiro atoms. The maximum absolute atomic E-state index is 9.44. The third kappa shape index (κ3) is 2.07. The van der Waals surface area contributed by atoms with Crippen LogP contribution in [0.2, 0.25) is 5.02 Å². The molecule has 0 bridgehead atoms. The third-order valence-electron chi connectivity index (χ3n) is 3.93. The van der Waals surface area contributed by atoms with Crippen LogP contribution in [-0.4, -0.2) is 0 Å². The van der Waals surface area contributed by atoms with Gasteiger partial charge in [-0.25, -0.2) is 0 Å². The number of nitriles is 1. The van der Waals surface area contributed by atoms with Gasteiger partial charge in [0.25, 0.3) is 0 Å². The molecule has 1 aromatic carbocycles. The van der Waals surface area contributed by atoms with Crippen molar-refractivity contribution in [1.82, 2.24) is 0 Å². The first-order valence-electron chi connectivity index (χ1n) is 6.76. The van der Waals surface area contributed by atoms with E-state index < -0.39 is 0 Å². The number of nitrogens with zero attached hydrogens (tertiary/aromatic N) is 1. The van der Waals surface area contributed by atoms with E-state index >= 15 is 0 Å². The fraction of sp³-hybridized carbons (Fsp3) is 0.312. The molecule has 0 unspecified atom stereocenters. The number of ether oxygens (including phenoxy) is 1. The predicted octanol–water partition coefficient (Wildman–Crippen LogP) is 3.98. The van der Waals surface area contributed by atoms with Crippen LogP contribution in [0.3, 0.4) is 0 Å². The van der Waals surface area contributed by atoms with E-state index in [1.54, 1.807) is 0 Å². The lowest BCUT2D eigenvalue weighted by atomic mass is 9.78. The lowest BCUT2D eigenvalue weighted by molar-refractivity contribution is 0.251. The standard InChI is InChI=1S/C16H15ClN2O/c17-13-7-3-1-5-10(13)15-11-6-2-4-8-14(11)20-16(19)12(15)9-18/h1,3,5,7,15H,2,4,6,8,19H2/t15-/m1/s1. The predicted molar refractivity (Wildman–Crippen MR) is 77.6 cm³/mol. The molecular weight excluding hydrogens is 272 g/mol. The normalized spacial score (nSPS) is 22.1. The highest BCUT2D eigenvalue weighted by Gasteiger charge is 2.34. The van der Waals surface area contributed by atoms with E-state index in [0.717, 1.165) is 42.6 Å². The average molecular weight is 287 g/mol. The molecule has 1 atom stereocenters. The smallest absolute Gasteiger partial charge is 0.205 e. The van der Waals surface area contributed by atoms with Crippen molar-refractivity contribution < 1.29 is 4.74 Å². The van der Waals surface area contributed by atoms with Crippen molar-refractivity contribution in [3.63, 3.8) is 0 Å². The van der Waals surface area contributed by atoms with Gasteiger partial charge in [0.1, 0.15) is 17.4 Å². The van der Waals surface area contributed by atoms with Gasteiger partial charge in [0.2, 0.25) is 5.88 Å². The second-order valence-corrected chi connectivity index (χ2v) is 5.51. The van der Waals surface area contributed by atoms with E-state index in [-0.39, 0.29) is 11.8 Å². The van der Waals surface area contributed by atoms with E-state index in [1.807, 2.05) is 24.3 Å². The zero-order valence-corrected chi connectivity index (χ0v) is 11.8. The summed E-state index contributed by atoms with van der Waals surface area (Å²) in [5.74, 6) is 0.994. The number of allylic oxidation sites excluding steroid dienone is 3. The van der Waals surface area contributed by atoms with Crippen LogP contribution in [0.25, 0.3) is 0 Å². The van der Waals surface area contributed by atoms with E-state index in [9.17, 15) is 5.26 Å². The Bertz CT molecular complexity index is 655. The summed E-state index contributed by atoms with van der Waals surface area (Å²) in [6.45, 7) is 0. The average Bonchev–Trinajstić information content (AvgIpc) is 2.46. The van der Waals surface area contributed by atoms with E-state index in [0.29, 0.717) is 10.6 Å². The van der Waals surface area contributed by atoms with Crippen LogP contribution in [0.1, 0.15) is 37.2 Å². The van der Waals surface area contributed by atoms with Gasteiger partial charge in [-0.15, -0.1) is 0 Å². The lowest BCUT2D eigenvalue weighted by Gasteiger charge is -2.32. The highest BCUT2D eigenvalue weighted by Crippen LogP contribution is 2.46. The summed E-state index contributed by atoms with van der Waals surface area (Å²) in [7, 11) is 0. The molecule has 1 aliphatic carbocycles. The second-order valence-electron chi connectivity index (χ2n) is 5.10. The number of benzene rings is 1. The summed E-state index contributed by atoms with van der Waals surface area (Å²) >= 11 is 6.32. The van der Waals surface area contributed by atoms with Crippen molar-refractivity contribution in [3.05, 3.63) is 57.6 Å². The molecule has 0 fully saturated rings. The highest BCUT2D eigenvalue weighted by atomic mass is 35.5. The van der Waals surface area contributed by atoms with Crippen LogP contribution in [-0.2, 0) is 4.74 Å². The van der Waals surface area contributed by atoms with Crippen LogP contribution in [0.5, 0.6) is 0 Å². The summed E-state index contributed by atoms with van der Waals surface area (Å²) in [4.78, 5) is 0. The van der Waals surface area contributed by atoms with Crippen molar-refractivity contribution in [2.75, 3.05) is 0 Å². The van der Waals surface area contributed by atoms with Gasteiger partial charge in [0, 0.05) is 11.4 Å². The second kappa shape index (κ2) is 5.22. The van der Waals surface area contributed by atoms with Crippen molar-refractivity contribution in [1.29, 1.82) is 5.26 Å². The molecule has 0 radical (unpaired) electrons. The molecule has 1 heterocycles. The molecule has 0 amide bonds. The molecule has 20 heavy (non-hydrogen) atoms. The summed E-state index contributed by atoms with van der Waals surface area (Å²) in [6, 6.07) is 9.83. The lowest BCUT2D eigenvalue weighted by Crippen LogP contribution is -2.22. The SMILES string of the molecule is N#CC1=C(N)OC2=C(CCCC2)[C@H]1c1ccccc1Cl. The monoisotopic (exact) mass is 286 g/mol. The van der Waals surface area contributed by atoms with Gasteiger partial charge in [0.05, 0.1) is 5.92 Å². The van der Waals surface area contributed by atoms with Gasteiger partial charge in [-0.2, -0.15) is 5.26 Å². The number of hydrogen-bond donors (Lipinski definition) is 1. The van der Waals surface area contributed by atoms with Gasteiger partial charge < -0.3 is 10.5 Å². The first-order chi connectivity index (χ1) is 9.72. The number of hydrogen-bond acceptors (Lipinski definition) is 3. The molecule has 4 heteroatoms. The van der Waals surface area contributed by atoms with Gasteiger partial charge in [-0.05, 0) is 36.5 Å². The number of nitrogens with two attached hydrogens (primary N) is 1. The zero-order chi connectivity index (χ0) is 14.1. The quantitative estimate of drug-likeness (QED) is 0.849. The van der Waals surface area contributed by atoms with E-state index in [4.69, 9.17) is 22.1 Å². The van der Waals surface area contributed by atoms with Crippen LogP contribution in [0.4, 0.5) is 0 Å².